The molecule has 3 heteroatoms. The van der Waals surface area contributed by atoms with Crippen LogP contribution < -0.4 is 5.73 Å². The summed E-state index contributed by atoms with van der Waals surface area (Å²) in [4.78, 5) is 4.55. The van der Waals surface area contributed by atoms with E-state index < -0.39 is 0 Å². The van der Waals surface area contributed by atoms with Gasteiger partial charge in [0.2, 0.25) is 5.89 Å². The minimum atomic E-state index is -0.0452. The van der Waals surface area contributed by atoms with Crippen molar-refractivity contribution in [1.29, 1.82) is 0 Å². The van der Waals surface area contributed by atoms with Gasteiger partial charge in [-0.25, -0.2) is 4.98 Å². The zero-order valence-electron chi connectivity index (χ0n) is 10.8. The van der Waals surface area contributed by atoms with Crippen LogP contribution in [0.4, 0.5) is 0 Å². The van der Waals surface area contributed by atoms with Crippen LogP contribution in [0.5, 0.6) is 0 Å². The number of aromatic nitrogens is 1. The van der Waals surface area contributed by atoms with Crippen molar-refractivity contribution in [2.24, 2.45) is 5.73 Å². The fourth-order valence-electron chi connectivity index (χ4n) is 1.76. The fourth-order valence-corrected chi connectivity index (χ4v) is 1.76. The number of benzene rings is 1. The Balaban J connectivity index is 2.34. The molecule has 0 aliphatic carbocycles. The largest absolute Gasteiger partial charge is 0.440 e. The number of fused-ring (bicyclic) bond motifs is 1. The van der Waals surface area contributed by atoms with Gasteiger partial charge in [-0.05, 0) is 37.1 Å². The second-order valence-corrected chi connectivity index (χ2v) is 5.46. The molecule has 0 fully saturated rings. The van der Waals surface area contributed by atoms with Crippen molar-refractivity contribution in [3.63, 3.8) is 0 Å². The number of oxazole rings is 1. The maximum atomic E-state index is 5.76. The molecule has 0 saturated heterocycles. The van der Waals surface area contributed by atoms with Crippen molar-refractivity contribution < 1.29 is 4.42 Å². The van der Waals surface area contributed by atoms with Gasteiger partial charge in [0.05, 0.1) is 0 Å². The average molecular weight is 232 g/mol. The van der Waals surface area contributed by atoms with Crippen molar-refractivity contribution in [3.8, 4) is 0 Å². The molecule has 0 unspecified atom stereocenters. The van der Waals surface area contributed by atoms with E-state index in [2.05, 4.69) is 37.9 Å². The van der Waals surface area contributed by atoms with Crippen LogP contribution in [0.2, 0.25) is 0 Å². The molecular formula is C14H20N2O. The quantitative estimate of drug-likeness (QED) is 0.885. The Hall–Kier alpha value is -1.35. The monoisotopic (exact) mass is 232 g/mol. The third-order valence-corrected chi connectivity index (χ3v) is 2.76. The Morgan fingerprint density at radius 2 is 2.06 bits per heavy atom. The standard InChI is InChI=1S/C14H20N2O/c1-14(2,3)13-16-11-9-10(5-4-8-15)6-7-12(11)17-13/h6-7,9H,4-5,8,15H2,1-3H3. The number of aryl methyl sites for hydroxylation is 1. The van der Waals surface area contributed by atoms with Crippen molar-refractivity contribution in [1.82, 2.24) is 4.98 Å². The zero-order valence-corrected chi connectivity index (χ0v) is 10.8. The second-order valence-electron chi connectivity index (χ2n) is 5.46. The van der Waals surface area contributed by atoms with Crippen LogP contribution in [0.25, 0.3) is 11.1 Å². The highest BCUT2D eigenvalue weighted by atomic mass is 16.3. The van der Waals surface area contributed by atoms with Crippen molar-refractivity contribution in [2.75, 3.05) is 6.54 Å². The van der Waals surface area contributed by atoms with E-state index >= 15 is 0 Å². The summed E-state index contributed by atoms with van der Waals surface area (Å²) in [5.74, 6) is 0.795. The van der Waals surface area contributed by atoms with Gasteiger partial charge >= 0.3 is 0 Å². The first-order valence-corrected chi connectivity index (χ1v) is 6.11. The molecule has 0 radical (unpaired) electrons. The highest BCUT2D eigenvalue weighted by Crippen LogP contribution is 2.26. The molecule has 1 aromatic heterocycles. The molecule has 0 atom stereocenters. The van der Waals surface area contributed by atoms with Crippen molar-refractivity contribution in [3.05, 3.63) is 29.7 Å². The van der Waals surface area contributed by atoms with Gasteiger partial charge in [0.15, 0.2) is 5.58 Å². The molecule has 0 spiro atoms. The lowest BCUT2D eigenvalue weighted by Crippen LogP contribution is -2.10. The Morgan fingerprint density at radius 1 is 1.29 bits per heavy atom. The van der Waals surface area contributed by atoms with Crippen LogP contribution >= 0.6 is 0 Å². The van der Waals surface area contributed by atoms with Gasteiger partial charge in [0, 0.05) is 5.41 Å². The second kappa shape index (κ2) is 4.49. The summed E-state index contributed by atoms with van der Waals surface area (Å²) in [6.45, 7) is 7.04. The first-order chi connectivity index (χ1) is 8.00. The van der Waals surface area contributed by atoms with E-state index in [0.29, 0.717) is 0 Å². The first kappa shape index (κ1) is 12.1. The number of hydrogen-bond donors (Lipinski definition) is 1. The summed E-state index contributed by atoms with van der Waals surface area (Å²) >= 11 is 0. The Morgan fingerprint density at radius 3 is 2.71 bits per heavy atom. The third-order valence-electron chi connectivity index (χ3n) is 2.76. The van der Waals surface area contributed by atoms with Gasteiger partial charge in [-0.3, -0.25) is 0 Å². The van der Waals surface area contributed by atoms with Gasteiger partial charge < -0.3 is 10.2 Å². The highest BCUT2D eigenvalue weighted by Gasteiger charge is 2.20. The molecule has 2 N–H and O–H groups in total. The Bertz CT molecular complexity index is 508. The molecule has 1 heterocycles. The Labute approximate surface area is 102 Å². The zero-order chi connectivity index (χ0) is 12.5. The van der Waals surface area contributed by atoms with Crippen LogP contribution in [-0.2, 0) is 11.8 Å². The van der Waals surface area contributed by atoms with E-state index in [0.717, 1.165) is 36.4 Å². The normalized spacial score (nSPS) is 12.2. The maximum Gasteiger partial charge on any atom is 0.200 e. The fraction of sp³-hybridized carbons (Fsp3) is 0.500. The van der Waals surface area contributed by atoms with Crippen LogP contribution in [0.3, 0.4) is 0 Å². The summed E-state index contributed by atoms with van der Waals surface area (Å²) < 4.78 is 5.76. The SMILES string of the molecule is CC(C)(C)c1nc2cc(CCCN)ccc2o1. The number of nitrogens with zero attached hydrogens (tertiary/aromatic N) is 1. The summed E-state index contributed by atoms with van der Waals surface area (Å²) in [7, 11) is 0. The predicted octanol–water partition coefficient (Wildman–Crippen LogP) is 3.02. The molecule has 0 bridgehead atoms. The number of nitrogens with two attached hydrogens (primary N) is 1. The molecule has 0 aliphatic rings. The van der Waals surface area contributed by atoms with Crippen LogP contribution in [0.15, 0.2) is 22.6 Å². The summed E-state index contributed by atoms with van der Waals surface area (Å²) in [6.07, 6.45) is 2.01. The molecular weight excluding hydrogens is 212 g/mol. The predicted molar refractivity (Wildman–Crippen MR) is 70.1 cm³/mol. The molecule has 92 valence electrons. The van der Waals surface area contributed by atoms with Gasteiger partial charge in [-0.2, -0.15) is 0 Å². The molecule has 1 aromatic carbocycles. The molecule has 17 heavy (non-hydrogen) atoms. The van der Waals surface area contributed by atoms with E-state index in [1.807, 2.05) is 6.07 Å². The summed E-state index contributed by atoms with van der Waals surface area (Å²) in [6, 6.07) is 6.20. The van der Waals surface area contributed by atoms with Crippen molar-refractivity contribution >= 4 is 11.1 Å². The van der Waals surface area contributed by atoms with E-state index in [4.69, 9.17) is 10.2 Å². The van der Waals surface area contributed by atoms with Gasteiger partial charge in [-0.15, -0.1) is 0 Å². The topological polar surface area (TPSA) is 52.0 Å². The molecule has 2 rings (SSSR count). The molecule has 0 saturated carbocycles. The number of rotatable bonds is 3. The lowest BCUT2D eigenvalue weighted by Gasteiger charge is -2.11. The third kappa shape index (κ3) is 2.67. The van der Waals surface area contributed by atoms with Crippen LogP contribution in [-0.4, -0.2) is 11.5 Å². The highest BCUT2D eigenvalue weighted by molar-refractivity contribution is 5.73. The van der Waals surface area contributed by atoms with Crippen LogP contribution in [0.1, 0.15) is 38.6 Å². The van der Waals surface area contributed by atoms with E-state index in [9.17, 15) is 0 Å². The van der Waals surface area contributed by atoms with Gasteiger partial charge in [0.1, 0.15) is 5.52 Å². The molecule has 0 amide bonds. The van der Waals surface area contributed by atoms with Gasteiger partial charge in [0.25, 0.3) is 0 Å². The van der Waals surface area contributed by atoms with Crippen LogP contribution in [0, 0.1) is 0 Å². The average Bonchev–Trinajstić information content (AvgIpc) is 2.68. The summed E-state index contributed by atoms with van der Waals surface area (Å²) in [5, 5.41) is 0. The molecule has 0 aliphatic heterocycles. The van der Waals surface area contributed by atoms with Gasteiger partial charge in [-0.1, -0.05) is 26.8 Å². The van der Waals surface area contributed by atoms with E-state index in [-0.39, 0.29) is 5.41 Å². The first-order valence-electron chi connectivity index (χ1n) is 6.11. The summed E-state index contributed by atoms with van der Waals surface area (Å²) in [5.41, 5.74) is 8.56. The maximum absolute atomic E-state index is 5.76. The van der Waals surface area contributed by atoms with Crippen molar-refractivity contribution in [2.45, 2.75) is 39.0 Å². The van der Waals surface area contributed by atoms with E-state index in [1.165, 1.54) is 5.56 Å². The van der Waals surface area contributed by atoms with E-state index in [1.54, 1.807) is 0 Å². The smallest absolute Gasteiger partial charge is 0.200 e. The molecule has 3 nitrogen and oxygen atoms in total. The minimum absolute atomic E-state index is 0.0452. The lowest BCUT2D eigenvalue weighted by molar-refractivity contribution is 0.411. The minimum Gasteiger partial charge on any atom is -0.440 e. The molecule has 2 aromatic rings. The lowest BCUT2D eigenvalue weighted by atomic mass is 9.97. The Kier molecular flexibility index (Phi) is 3.20. The number of hydrogen-bond acceptors (Lipinski definition) is 3.